The molecule has 0 aliphatic carbocycles. The van der Waals surface area contributed by atoms with E-state index in [1.807, 2.05) is 0 Å². The van der Waals surface area contributed by atoms with Crippen LogP contribution in [-0.2, 0) is 0 Å². The molecule has 0 fully saturated rings. The summed E-state index contributed by atoms with van der Waals surface area (Å²) < 4.78 is 0. The zero-order chi connectivity index (χ0) is 7.33. The Bertz CT molecular complexity index is 55.1. The molecular formula is C5H13AsO3. The van der Waals surface area contributed by atoms with Crippen molar-refractivity contribution >= 4 is 16.9 Å². The molecule has 4 heteroatoms. The van der Waals surface area contributed by atoms with Gasteiger partial charge in [0, 0.05) is 0 Å². The van der Waals surface area contributed by atoms with E-state index in [1.165, 1.54) is 16.9 Å². The number of aliphatic hydroxyl groups is 3. The van der Waals surface area contributed by atoms with Crippen LogP contribution in [-0.4, -0.2) is 52.0 Å². The van der Waals surface area contributed by atoms with E-state index < -0.39 is 5.41 Å². The van der Waals surface area contributed by atoms with Crippen molar-refractivity contribution < 1.29 is 15.3 Å². The van der Waals surface area contributed by atoms with Crippen molar-refractivity contribution in [3.8, 4) is 0 Å². The maximum atomic E-state index is 8.67. The average Bonchev–Trinajstić information content (AvgIpc) is 1.95. The minimum absolute atomic E-state index is 0.141. The zero-order valence-electron chi connectivity index (χ0n) is 5.25. The second-order valence-corrected chi connectivity index (χ2v) is 3.04. The van der Waals surface area contributed by atoms with E-state index in [-0.39, 0.29) is 19.8 Å². The third-order valence-corrected chi connectivity index (χ3v) is 3.26. The van der Waals surface area contributed by atoms with Crippen LogP contribution >= 0.6 is 0 Å². The first-order valence-electron chi connectivity index (χ1n) is 2.77. The van der Waals surface area contributed by atoms with Crippen LogP contribution in [0.5, 0.6) is 0 Å². The van der Waals surface area contributed by atoms with Crippen molar-refractivity contribution in [3.05, 3.63) is 0 Å². The number of aliphatic hydroxyl groups excluding tert-OH is 3. The van der Waals surface area contributed by atoms with Crippen molar-refractivity contribution in [2.24, 2.45) is 5.41 Å². The summed E-state index contributed by atoms with van der Waals surface area (Å²) in [5.41, 5.74) is -0.639. The van der Waals surface area contributed by atoms with Crippen molar-refractivity contribution in [1.29, 1.82) is 0 Å². The van der Waals surface area contributed by atoms with Crippen molar-refractivity contribution in [2.45, 2.75) is 5.21 Å². The Hall–Kier alpha value is 0.438. The van der Waals surface area contributed by atoms with E-state index in [1.54, 1.807) is 0 Å². The van der Waals surface area contributed by atoms with Crippen LogP contribution in [0.25, 0.3) is 0 Å². The molecule has 0 aromatic rings. The third-order valence-electron chi connectivity index (χ3n) is 1.44. The van der Waals surface area contributed by atoms with Crippen LogP contribution < -0.4 is 0 Å². The van der Waals surface area contributed by atoms with Gasteiger partial charge in [-0.3, -0.25) is 0 Å². The summed E-state index contributed by atoms with van der Waals surface area (Å²) in [4.78, 5) is 0. The molecule has 1 atom stereocenters. The summed E-state index contributed by atoms with van der Waals surface area (Å²) in [6.07, 6.45) is 0. The molecular weight excluding hydrogens is 183 g/mol. The van der Waals surface area contributed by atoms with Gasteiger partial charge in [-0.25, -0.2) is 0 Å². The van der Waals surface area contributed by atoms with Gasteiger partial charge in [0.05, 0.1) is 0 Å². The molecule has 0 saturated carbocycles. The molecule has 0 aliphatic heterocycles. The second kappa shape index (κ2) is 4.29. The second-order valence-electron chi connectivity index (χ2n) is 2.18. The van der Waals surface area contributed by atoms with E-state index in [9.17, 15) is 0 Å². The Morgan fingerprint density at radius 3 is 1.33 bits per heavy atom. The molecule has 9 heavy (non-hydrogen) atoms. The standard InChI is InChI=1S/C5H13AsO3/c6-1-5(2-7,3-8)4-9/h7-9H,1-4,6H2. The molecule has 0 heterocycles. The molecule has 0 aliphatic rings. The van der Waals surface area contributed by atoms with Crippen LogP contribution in [0.4, 0.5) is 0 Å². The van der Waals surface area contributed by atoms with Crippen molar-refractivity contribution in [3.63, 3.8) is 0 Å². The Balaban J connectivity index is 3.82. The molecule has 0 aromatic carbocycles. The van der Waals surface area contributed by atoms with Gasteiger partial charge < -0.3 is 0 Å². The van der Waals surface area contributed by atoms with E-state index in [4.69, 9.17) is 15.3 Å². The summed E-state index contributed by atoms with van der Waals surface area (Å²) in [5, 5.41) is 26.7. The molecule has 3 N–H and O–H groups in total. The van der Waals surface area contributed by atoms with Crippen LogP contribution in [0, 0.1) is 5.41 Å². The first-order valence-corrected chi connectivity index (χ1v) is 4.48. The molecule has 0 rings (SSSR count). The molecule has 56 valence electrons. The summed E-state index contributed by atoms with van der Waals surface area (Å²) in [6, 6.07) is 0. The van der Waals surface area contributed by atoms with Gasteiger partial charge in [-0.2, -0.15) is 0 Å². The fourth-order valence-corrected chi connectivity index (χ4v) is 1.16. The van der Waals surface area contributed by atoms with Gasteiger partial charge in [-0.1, -0.05) is 0 Å². The van der Waals surface area contributed by atoms with Gasteiger partial charge in [-0.05, 0) is 0 Å². The average molecular weight is 196 g/mol. The van der Waals surface area contributed by atoms with E-state index in [0.717, 1.165) is 0 Å². The monoisotopic (exact) mass is 196 g/mol. The predicted molar refractivity (Wildman–Crippen MR) is 37.0 cm³/mol. The van der Waals surface area contributed by atoms with E-state index >= 15 is 0 Å². The Morgan fingerprint density at radius 1 is 1.00 bits per heavy atom. The molecule has 3 nitrogen and oxygen atoms in total. The Morgan fingerprint density at radius 2 is 1.33 bits per heavy atom. The molecule has 1 unspecified atom stereocenters. The third kappa shape index (κ3) is 2.26. The van der Waals surface area contributed by atoms with Gasteiger partial charge in [-0.15, -0.1) is 0 Å². The quantitative estimate of drug-likeness (QED) is 0.456. The summed E-state index contributed by atoms with van der Waals surface area (Å²) in [5.74, 6) is 0. The van der Waals surface area contributed by atoms with Gasteiger partial charge in [0.1, 0.15) is 0 Å². The number of hydrogen-bond acceptors (Lipinski definition) is 3. The number of rotatable bonds is 4. The fraction of sp³-hybridized carbons (Fsp3) is 1.00. The summed E-state index contributed by atoms with van der Waals surface area (Å²) in [6.45, 7) is -0.422. The van der Waals surface area contributed by atoms with Gasteiger partial charge in [0.15, 0.2) is 0 Å². The fourth-order valence-electron chi connectivity index (χ4n) is 0.344. The zero-order valence-corrected chi connectivity index (χ0v) is 7.67. The van der Waals surface area contributed by atoms with E-state index in [0.29, 0.717) is 5.21 Å². The first-order chi connectivity index (χ1) is 4.24. The summed E-state index contributed by atoms with van der Waals surface area (Å²) in [7, 11) is 0. The molecule has 0 radical (unpaired) electrons. The predicted octanol–water partition coefficient (Wildman–Crippen LogP) is -2.00. The molecule has 0 amide bonds. The van der Waals surface area contributed by atoms with Crippen LogP contribution in [0.15, 0.2) is 0 Å². The maximum absolute atomic E-state index is 8.67. The first kappa shape index (κ1) is 9.44. The van der Waals surface area contributed by atoms with Gasteiger partial charge >= 0.3 is 62.6 Å². The molecule has 0 bridgehead atoms. The van der Waals surface area contributed by atoms with E-state index in [2.05, 4.69) is 0 Å². The molecule has 0 aromatic heterocycles. The van der Waals surface area contributed by atoms with Gasteiger partial charge in [0.2, 0.25) is 0 Å². The minimum atomic E-state index is -0.639. The van der Waals surface area contributed by atoms with Gasteiger partial charge in [0.25, 0.3) is 0 Å². The van der Waals surface area contributed by atoms with Crippen molar-refractivity contribution in [1.82, 2.24) is 0 Å². The topological polar surface area (TPSA) is 60.7 Å². The normalized spacial score (nSPS) is 12.0. The van der Waals surface area contributed by atoms with Crippen LogP contribution in [0.2, 0.25) is 5.21 Å². The Labute approximate surface area is 63.2 Å². The van der Waals surface area contributed by atoms with Crippen molar-refractivity contribution in [2.75, 3.05) is 19.8 Å². The van der Waals surface area contributed by atoms with Crippen LogP contribution in [0.3, 0.4) is 0 Å². The SMILES string of the molecule is OCC(CO)(CO)C[AsH2]. The molecule has 0 spiro atoms. The Kier molecular flexibility index (Phi) is 4.49. The summed E-state index contributed by atoms with van der Waals surface area (Å²) >= 11 is 1.40. The van der Waals surface area contributed by atoms with Crippen LogP contribution in [0.1, 0.15) is 0 Å². The number of hydrogen-bond donors (Lipinski definition) is 3. The molecule has 0 saturated heterocycles.